The van der Waals surface area contributed by atoms with E-state index in [-0.39, 0.29) is 17.8 Å². The van der Waals surface area contributed by atoms with Gasteiger partial charge in [0.05, 0.1) is 16.2 Å². The molecule has 2 heterocycles. The van der Waals surface area contributed by atoms with Crippen LogP contribution in [0.25, 0.3) is 0 Å². The summed E-state index contributed by atoms with van der Waals surface area (Å²) in [5, 5.41) is 17.5. The molecule has 0 radical (unpaired) electrons. The number of hydrogen-bond donors (Lipinski definition) is 3. The second-order valence-corrected chi connectivity index (χ2v) is 8.93. The molecule has 0 saturated heterocycles. The third-order valence-electron chi connectivity index (χ3n) is 4.89. The van der Waals surface area contributed by atoms with Gasteiger partial charge in [-0.15, -0.1) is 11.3 Å². The van der Waals surface area contributed by atoms with Gasteiger partial charge in [-0.2, -0.15) is 0 Å². The zero-order chi connectivity index (χ0) is 17.7. The molecular formula is C18H19IN2O3S. The Morgan fingerprint density at radius 2 is 2.16 bits per heavy atom. The first-order valence-corrected chi connectivity index (χ1v) is 10.2. The number of benzene rings is 1. The number of phenolic OH excluding ortho intramolecular Hbond substituents is 1. The van der Waals surface area contributed by atoms with Crippen LogP contribution in [0, 0.1) is 9.49 Å². The van der Waals surface area contributed by atoms with E-state index >= 15 is 0 Å². The van der Waals surface area contributed by atoms with Crippen LogP contribution >= 0.6 is 33.9 Å². The summed E-state index contributed by atoms with van der Waals surface area (Å²) in [5.74, 6) is 1.18. The second kappa shape index (κ2) is 6.35. The number of phenols is 1. The minimum atomic E-state index is -0.333. The maximum absolute atomic E-state index is 12.8. The number of thiophene rings is 1. The fourth-order valence-electron chi connectivity index (χ4n) is 3.55. The standard InChI is InChI=1S/C18H19IN2O3S/c1-8-3-4-10-13(5-8)25-18-14(10)17(23)20-16(21-18)9-6-11(19)15(22)12(7-9)24-2/h6-8,16,21-22H,3-5H2,1-2H3,(H,20,23)/t8-,16-/m1/s1. The van der Waals surface area contributed by atoms with Crippen molar-refractivity contribution in [3.63, 3.8) is 0 Å². The number of halogens is 1. The van der Waals surface area contributed by atoms with E-state index in [0.29, 0.717) is 15.2 Å². The maximum Gasteiger partial charge on any atom is 0.256 e. The highest BCUT2D eigenvalue weighted by Crippen LogP contribution is 2.43. The van der Waals surface area contributed by atoms with Crippen LogP contribution in [-0.4, -0.2) is 18.1 Å². The van der Waals surface area contributed by atoms with Crippen LogP contribution in [0.2, 0.25) is 0 Å². The van der Waals surface area contributed by atoms with E-state index in [2.05, 4.69) is 40.1 Å². The summed E-state index contributed by atoms with van der Waals surface area (Å²) in [5.41, 5.74) is 2.90. The smallest absolute Gasteiger partial charge is 0.256 e. The molecule has 132 valence electrons. The SMILES string of the molecule is COc1cc([C@@H]2NC(=O)c3c(sc4c3CC[C@@H](C)C4)N2)cc(I)c1O. The highest BCUT2D eigenvalue weighted by atomic mass is 127. The molecule has 1 aliphatic carbocycles. The number of hydrogen-bond acceptors (Lipinski definition) is 5. The van der Waals surface area contributed by atoms with Crippen LogP contribution in [0.3, 0.4) is 0 Å². The third kappa shape index (κ3) is 2.87. The Hall–Kier alpha value is -1.48. The quantitative estimate of drug-likeness (QED) is 0.580. The van der Waals surface area contributed by atoms with Crippen LogP contribution < -0.4 is 15.4 Å². The maximum atomic E-state index is 12.8. The van der Waals surface area contributed by atoms with Gasteiger partial charge in [-0.05, 0) is 71.0 Å². The average Bonchev–Trinajstić information content (AvgIpc) is 2.94. The molecule has 5 nitrogen and oxygen atoms in total. The molecule has 1 aliphatic heterocycles. The lowest BCUT2D eigenvalue weighted by Crippen LogP contribution is -2.38. The largest absolute Gasteiger partial charge is 0.504 e. The van der Waals surface area contributed by atoms with Crippen molar-refractivity contribution in [3.05, 3.63) is 37.3 Å². The van der Waals surface area contributed by atoms with Gasteiger partial charge < -0.3 is 20.5 Å². The van der Waals surface area contributed by atoms with Crippen molar-refractivity contribution in [3.8, 4) is 11.5 Å². The molecule has 1 aromatic carbocycles. The van der Waals surface area contributed by atoms with Gasteiger partial charge >= 0.3 is 0 Å². The Bertz CT molecular complexity index is 864. The van der Waals surface area contributed by atoms with E-state index in [1.54, 1.807) is 17.4 Å². The lowest BCUT2D eigenvalue weighted by atomic mass is 9.88. The molecule has 7 heteroatoms. The van der Waals surface area contributed by atoms with E-state index in [0.717, 1.165) is 35.4 Å². The Labute approximate surface area is 163 Å². The fourth-order valence-corrected chi connectivity index (χ4v) is 5.61. The fraction of sp³-hybridized carbons (Fsp3) is 0.389. The van der Waals surface area contributed by atoms with Crippen molar-refractivity contribution >= 4 is 44.8 Å². The summed E-state index contributed by atoms with van der Waals surface area (Å²) in [6, 6.07) is 3.62. The van der Waals surface area contributed by atoms with Gasteiger partial charge in [0.1, 0.15) is 11.2 Å². The number of carbonyl (C=O) groups excluding carboxylic acids is 1. The van der Waals surface area contributed by atoms with Gasteiger partial charge in [-0.1, -0.05) is 6.92 Å². The molecule has 0 unspecified atom stereocenters. The normalized spacial score (nSPS) is 21.8. The number of nitrogens with one attached hydrogen (secondary N) is 2. The summed E-state index contributed by atoms with van der Waals surface area (Å²) in [4.78, 5) is 14.1. The van der Waals surface area contributed by atoms with Crippen molar-refractivity contribution < 1.29 is 14.6 Å². The number of carbonyl (C=O) groups is 1. The molecule has 2 aromatic rings. The van der Waals surface area contributed by atoms with Gasteiger partial charge in [-0.3, -0.25) is 4.79 Å². The lowest BCUT2D eigenvalue weighted by Gasteiger charge is -2.27. The van der Waals surface area contributed by atoms with Crippen LogP contribution in [0.5, 0.6) is 11.5 Å². The molecule has 3 N–H and O–H groups in total. The Kier molecular flexibility index (Phi) is 4.31. The van der Waals surface area contributed by atoms with E-state index < -0.39 is 0 Å². The second-order valence-electron chi connectivity index (χ2n) is 6.66. The molecular weight excluding hydrogens is 451 g/mol. The minimum absolute atomic E-state index is 0.0205. The molecule has 1 aromatic heterocycles. The third-order valence-corrected chi connectivity index (χ3v) is 6.90. The highest BCUT2D eigenvalue weighted by Gasteiger charge is 2.33. The van der Waals surface area contributed by atoms with Gasteiger partial charge in [0, 0.05) is 4.88 Å². The van der Waals surface area contributed by atoms with Crippen molar-refractivity contribution in [2.45, 2.75) is 32.4 Å². The monoisotopic (exact) mass is 470 g/mol. The van der Waals surface area contributed by atoms with Crippen LogP contribution in [0.1, 0.15) is 45.9 Å². The zero-order valence-electron chi connectivity index (χ0n) is 14.0. The minimum Gasteiger partial charge on any atom is -0.504 e. The summed E-state index contributed by atoms with van der Waals surface area (Å²) in [6.45, 7) is 2.27. The van der Waals surface area contributed by atoms with E-state index in [1.165, 1.54) is 17.6 Å². The first-order valence-electron chi connectivity index (χ1n) is 8.26. The lowest BCUT2D eigenvalue weighted by molar-refractivity contribution is 0.0935. The molecule has 0 fully saturated rings. The van der Waals surface area contributed by atoms with Gasteiger partial charge in [-0.25, -0.2) is 0 Å². The number of amides is 1. The first-order chi connectivity index (χ1) is 12.0. The summed E-state index contributed by atoms with van der Waals surface area (Å²) in [6.07, 6.45) is 2.84. The molecule has 0 bridgehead atoms. The number of rotatable bonds is 2. The Morgan fingerprint density at radius 3 is 2.92 bits per heavy atom. The Balaban J connectivity index is 1.71. The summed E-state index contributed by atoms with van der Waals surface area (Å²) in [7, 11) is 1.52. The van der Waals surface area contributed by atoms with Crippen molar-refractivity contribution in [2.24, 2.45) is 5.92 Å². The molecule has 2 aliphatic rings. The van der Waals surface area contributed by atoms with Crippen LogP contribution in [0.4, 0.5) is 5.00 Å². The van der Waals surface area contributed by atoms with E-state index in [1.807, 2.05) is 6.07 Å². The van der Waals surface area contributed by atoms with Gasteiger partial charge in [0.15, 0.2) is 11.5 Å². The van der Waals surface area contributed by atoms with Crippen molar-refractivity contribution in [1.29, 1.82) is 0 Å². The molecule has 2 atom stereocenters. The number of aromatic hydroxyl groups is 1. The molecule has 4 rings (SSSR count). The van der Waals surface area contributed by atoms with Crippen molar-refractivity contribution in [2.75, 3.05) is 12.4 Å². The predicted octanol–water partition coefficient (Wildman–Crippen LogP) is 4.05. The summed E-state index contributed by atoms with van der Waals surface area (Å²) < 4.78 is 5.93. The topological polar surface area (TPSA) is 70.6 Å². The van der Waals surface area contributed by atoms with Gasteiger partial charge in [0.25, 0.3) is 5.91 Å². The van der Waals surface area contributed by atoms with E-state index in [9.17, 15) is 9.90 Å². The Morgan fingerprint density at radius 1 is 1.36 bits per heavy atom. The number of methoxy groups -OCH3 is 1. The molecule has 25 heavy (non-hydrogen) atoms. The average molecular weight is 470 g/mol. The van der Waals surface area contributed by atoms with Crippen LogP contribution in [-0.2, 0) is 12.8 Å². The summed E-state index contributed by atoms with van der Waals surface area (Å²) >= 11 is 3.77. The zero-order valence-corrected chi connectivity index (χ0v) is 17.0. The van der Waals surface area contributed by atoms with Crippen LogP contribution in [0.15, 0.2) is 12.1 Å². The number of ether oxygens (including phenoxy) is 1. The van der Waals surface area contributed by atoms with Gasteiger partial charge in [0.2, 0.25) is 0 Å². The first kappa shape index (κ1) is 17.0. The highest BCUT2D eigenvalue weighted by molar-refractivity contribution is 14.1. The van der Waals surface area contributed by atoms with E-state index in [4.69, 9.17) is 4.74 Å². The number of fused-ring (bicyclic) bond motifs is 3. The molecule has 0 saturated carbocycles. The predicted molar refractivity (Wildman–Crippen MR) is 107 cm³/mol. The molecule has 1 amide bonds. The number of anilines is 1. The molecule has 0 spiro atoms. The van der Waals surface area contributed by atoms with Crippen molar-refractivity contribution in [1.82, 2.24) is 5.32 Å².